The summed E-state index contributed by atoms with van der Waals surface area (Å²) in [7, 11) is 0. The molecule has 0 radical (unpaired) electrons. The molecule has 0 unspecified atom stereocenters. The zero-order chi connectivity index (χ0) is 21.4. The molecule has 2 rings (SSSR count). The average molecular weight is 407 g/mol. The van der Waals surface area contributed by atoms with Crippen LogP contribution >= 0.6 is 0 Å². The Bertz CT molecular complexity index is 785. The van der Waals surface area contributed by atoms with Gasteiger partial charge >= 0.3 is 12.0 Å². The Hall–Kier alpha value is -2.97. The van der Waals surface area contributed by atoms with E-state index in [2.05, 4.69) is 10.6 Å². The van der Waals surface area contributed by atoms with E-state index in [1.807, 2.05) is 6.92 Å². The highest BCUT2D eigenvalue weighted by atomic mass is 19.1. The first-order chi connectivity index (χ1) is 13.8. The van der Waals surface area contributed by atoms with Gasteiger partial charge in [0.2, 0.25) is 0 Å². The average Bonchev–Trinajstić information content (AvgIpc) is 2.89. The van der Waals surface area contributed by atoms with Crippen LogP contribution in [0, 0.1) is 5.82 Å². The van der Waals surface area contributed by atoms with Crippen LogP contribution in [0.1, 0.15) is 38.7 Å². The molecule has 1 saturated heterocycles. The molecule has 1 fully saturated rings. The number of amides is 4. The lowest BCUT2D eigenvalue weighted by molar-refractivity contribution is -0.151. The van der Waals surface area contributed by atoms with Crippen molar-refractivity contribution in [1.29, 1.82) is 0 Å². The van der Waals surface area contributed by atoms with Crippen molar-refractivity contribution < 1.29 is 28.3 Å². The fourth-order valence-corrected chi connectivity index (χ4v) is 3.00. The number of imide groups is 1. The third-order valence-corrected chi connectivity index (χ3v) is 4.70. The molecular weight excluding hydrogens is 381 g/mol. The van der Waals surface area contributed by atoms with E-state index >= 15 is 0 Å². The van der Waals surface area contributed by atoms with E-state index < -0.39 is 42.5 Å². The molecule has 8 nitrogen and oxygen atoms in total. The fourth-order valence-electron chi connectivity index (χ4n) is 3.00. The number of rotatable bonds is 10. The number of carbonyl (C=O) groups excluding carboxylic acids is 4. The van der Waals surface area contributed by atoms with E-state index in [1.54, 1.807) is 25.1 Å². The standard InChI is InChI=1S/C20H26FN3O5/c1-3-4-10-20(2)18(27)24(19(28)23-20)12-17(26)29-13-16(25)22-11-9-14-7-5-6-8-15(14)21/h5-8H,3-4,9-13H2,1-2H3,(H,22,25)(H,23,28)/t20-/m0/s1. The Morgan fingerprint density at radius 2 is 2.00 bits per heavy atom. The number of benzene rings is 1. The number of urea groups is 1. The van der Waals surface area contributed by atoms with Crippen molar-refractivity contribution in [2.45, 2.75) is 45.1 Å². The molecule has 9 heteroatoms. The highest BCUT2D eigenvalue weighted by molar-refractivity contribution is 6.08. The molecule has 1 aliphatic heterocycles. The van der Waals surface area contributed by atoms with Crippen LogP contribution in [0.3, 0.4) is 0 Å². The lowest BCUT2D eigenvalue weighted by atomic mass is 9.95. The lowest BCUT2D eigenvalue weighted by Gasteiger charge is -2.21. The van der Waals surface area contributed by atoms with Crippen molar-refractivity contribution in [2.75, 3.05) is 19.7 Å². The minimum Gasteiger partial charge on any atom is -0.454 e. The van der Waals surface area contributed by atoms with Crippen LogP contribution in [0.4, 0.5) is 9.18 Å². The predicted octanol–water partition coefficient (Wildman–Crippen LogP) is 1.53. The molecule has 1 atom stereocenters. The van der Waals surface area contributed by atoms with Crippen LogP contribution in [0.25, 0.3) is 0 Å². The van der Waals surface area contributed by atoms with E-state index in [-0.39, 0.29) is 12.4 Å². The maximum atomic E-state index is 13.5. The number of hydrogen-bond donors (Lipinski definition) is 2. The summed E-state index contributed by atoms with van der Waals surface area (Å²) in [5.41, 5.74) is -0.563. The molecule has 0 aromatic heterocycles. The van der Waals surface area contributed by atoms with Gasteiger partial charge in [-0.25, -0.2) is 9.18 Å². The Morgan fingerprint density at radius 1 is 1.28 bits per heavy atom. The molecule has 0 spiro atoms. The molecular formula is C20H26FN3O5. The fraction of sp³-hybridized carbons (Fsp3) is 0.500. The first kappa shape index (κ1) is 22.3. The number of carbonyl (C=O) groups is 4. The molecule has 4 amide bonds. The van der Waals surface area contributed by atoms with Crippen molar-refractivity contribution in [3.8, 4) is 0 Å². The normalized spacial score (nSPS) is 18.5. The van der Waals surface area contributed by atoms with Gasteiger partial charge in [0.25, 0.3) is 11.8 Å². The summed E-state index contributed by atoms with van der Waals surface area (Å²) >= 11 is 0. The van der Waals surface area contributed by atoms with E-state index in [9.17, 15) is 23.6 Å². The lowest BCUT2D eigenvalue weighted by Crippen LogP contribution is -2.44. The van der Waals surface area contributed by atoms with Gasteiger partial charge in [-0.1, -0.05) is 38.0 Å². The number of halogens is 1. The van der Waals surface area contributed by atoms with Gasteiger partial charge < -0.3 is 15.4 Å². The molecule has 1 aliphatic rings. The second-order valence-corrected chi connectivity index (χ2v) is 7.11. The van der Waals surface area contributed by atoms with Gasteiger partial charge in [0, 0.05) is 6.54 Å². The van der Waals surface area contributed by atoms with Gasteiger partial charge in [0.15, 0.2) is 6.61 Å². The number of unbranched alkanes of at least 4 members (excludes halogenated alkanes) is 1. The van der Waals surface area contributed by atoms with Gasteiger partial charge in [0.05, 0.1) is 0 Å². The summed E-state index contributed by atoms with van der Waals surface area (Å²) in [5.74, 6) is -2.26. The summed E-state index contributed by atoms with van der Waals surface area (Å²) in [6.45, 7) is 2.67. The molecule has 0 aliphatic carbocycles. The third kappa shape index (κ3) is 6.00. The molecule has 158 valence electrons. The summed E-state index contributed by atoms with van der Waals surface area (Å²) in [5, 5.41) is 5.12. The van der Waals surface area contributed by atoms with Crippen LogP contribution in [0.5, 0.6) is 0 Å². The monoisotopic (exact) mass is 407 g/mol. The SMILES string of the molecule is CCCC[C@]1(C)NC(=O)N(CC(=O)OCC(=O)NCCc2ccccc2F)C1=O. The van der Waals surface area contributed by atoms with Crippen molar-refractivity contribution in [2.24, 2.45) is 0 Å². The Balaban J connectivity index is 1.73. The molecule has 1 aromatic rings. The van der Waals surface area contributed by atoms with Gasteiger partial charge in [-0.05, 0) is 31.4 Å². The van der Waals surface area contributed by atoms with E-state index in [0.717, 1.165) is 17.7 Å². The van der Waals surface area contributed by atoms with Crippen LogP contribution < -0.4 is 10.6 Å². The Kier molecular flexibility index (Phi) is 7.69. The van der Waals surface area contributed by atoms with Crippen molar-refractivity contribution in [3.63, 3.8) is 0 Å². The van der Waals surface area contributed by atoms with Gasteiger partial charge in [-0.2, -0.15) is 0 Å². The molecule has 29 heavy (non-hydrogen) atoms. The number of nitrogens with zero attached hydrogens (tertiary/aromatic N) is 1. The largest absolute Gasteiger partial charge is 0.454 e. The second-order valence-electron chi connectivity index (χ2n) is 7.11. The second kappa shape index (κ2) is 9.99. The van der Waals surface area contributed by atoms with Gasteiger partial charge in [0.1, 0.15) is 17.9 Å². The highest BCUT2D eigenvalue weighted by Crippen LogP contribution is 2.23. The third-order valence-electron chi connectivity index (χ3n) is 4.70. The Labute approximate surface area is 168 Å². The number of esters is 1. The number of ether oxygens (including phenoxy) is 1. The predicted molar refractivity (Wildman–Crippen MR) is 102 cm³/mol. The number of nitrogens with one attached hydrogen (secondary N) is 2. The van der Waals surface area contributed by atoms with Crippen molar-refractivity contribution >= 4 is 23.8 Å². The Morgan fingerprint density at radius 3 is 2.69 bits per heavy atom. The quantitative estimate of drug-likeness (QED) is 0.452. The summed E-state index contributed by atoms with van der Waals surface area (Å²) in [6.07, 6.45) is 2.40. The molecule has 0 bridgehead atoms. The van der Waals surface area contributed by atoms with E-state index in [4.69, 9.17) is 4.74 Å². The zero-order valence-electron chi connectivity index (χ0n) is 16.6. The first-order valence-electron chi connectivity index (χ1n) is 9.56. The van der Waals surface area contributed by atoms with Crippen molar-refractivity contribution in [1.82, 2.24) is 15.5 Å². The molecule has 1 aromatic carbocycles. The summed E-state index contributed by atoms with van der Waals surface area (Å²) in [6, 6.07) is 5.58. The topological polar surface area (TPSA) is 105 Å². The van der Waals surface area contributed by atoms with Crippen LogP contribution in [0.15, 0.2) is 24.3 Å². The smallest absolute Gasteiger partial charge is 0.326 e. The minimum atomic E-state index is -1.03. The molecule has 2 N–H and O–H groups in total. The molecule has 0 saturated carbocycles. The van der Waals surface area contributed by atoms with E-state index in [0.29, 0.717) is 18.4 Å². The first-order valence-corrected chi connectivity index (χ1v) is 9.56. The van der Waals surface area contributed by atoms with Gasteiger partial charge in [-0.15, -0.1) is 0 Å². The summed E-state index contributed by atoms with van der Waals surface area (Å²) in [4.78, 5) is 49.0. The molecule has 1 heterocycles. The summed E-state index contributed by atoms with van der Waals surface area (Å²) < 4.78 is 18.3. The van der Waals surface area contributed by atoms with E-state index in [1.165, 1.54) is 6.07 Å². The van der Waals surface area contributed by atoms with Crippen LogP contribution in [-0.4, -0.2) is 54.0 Å². The van der Waals surface area contributed by atoms with Crippen molar-refractivity contribution in [3.05, 3.63) is 35.6 Å². The van der Waals surface area contributed by atoms with Crippen LogP contribution in [-0.2, 0) is 25.5 Å². The highest BCUT2D eigenvalue weighted by Gasteiger charge is 2.47. The van der Waals surface area contributed by atoms with Gasteiger partial charge in [-0.3, -0.25) is 19.3 Å². The zero-order valence-corrected chi connectivity index (χ0v) is 16.6. The number of hydrogen-bond acceptors (Lipinski definition) is 5. The van der Waals surface area contributed by atoms with Crippen LogP contribution in [0.2, 0.25) is 0 Å². The maximum Gasteiger partial charge on any atom is 0.326 e. The minimum absolute atomic E-state index is 0.181. The maximum absolute atomic E-state index is 13.5.